The summed E-state index contributed by atoms with van der Waals surface area (Å²) in [6.07, 6.45) is 0. The van der Waals surface area contributed by atoms with E-state index in [1.807, 2.05) is 0 Å². The fourth-order valence-corrected chi connectivity index (χ4v) is 0.274. The first-order valence-electron chi connectivity index (χ1n) is 2.75. The zero-order valence-corrected chi connectivity index (χ0v) is 5.92. The van der Waals surface area contributed by atoms with Crippen LogP contribution < -0.4 is 0 Å². The van der Waals surface area contributed by atoms with Gasteiger partial charge in [0, 0.05) is 6.92 Å². The zero-order chi connectivity index (χ0) is 8.20. The molecule has 0 aliphatic carbocycles. The first-order chi connectivity index (χ1) is 4.48. The third-order valence-electron chi connectivity index (χ3n) is 0.797. The molecule has 0 aliphatic heterocycles. The second-order valence-electron chi connectivity index (χ2n) is 2.17. The number of carbonyl (C=O) groups is 1. The lowest BCUT2D eigenvalue weighted by Crippen LogP contribution is -2.29. The van der Waals surface area contributed by atoms with Gasteiger partial charge in [-0.1, -0.05) is 0 Å². The molecular formula is C6H9NO3. The third-order valence-corrected chi connectivity index (χ3v) is 0.797. The van der Waals surface area contributed by atoms with Crippen LogP contribution in [0.25, 0.3) is 0 Å². The van der Waals surface area contributed by atoms with E-state index < -0.39 is 11.6 Å². The summed E-state index contributed by atoms with van der Waals surface area (Å²) in [4.78, 5) is 10.2. The standard InChI is InChI=1S/C6H9NO3/c1-5(8)10-4-6(2,9)3-7/h9H,4H2,1-2H3. The molecule has 0 saturated carbocycles. The van der Waals surface area contributed by atoms with Crippen molar-refractivity contribution in [1.82, 2.24) is 0 Å². The van der Waals surface area contributed by atoms with Crippen molar-refractivity contribution in [3.8, 4) is 6.07 Å². The number of esters is 1. The van der Waals surface area contributed by atoms with Gasteiger partial charge < -0.3 is 9.84 Å². The molecule has 0 heterocycles. The zero-order valence-electron chi connectivity index (χ0n) is 5.92. The Morgan fingerprint density at radius 2 is 2.40 bits per heavy atom. The quantitative estimate of drug-likeness (QED) is 0.430. The minimum Gasteiger partial charge on any atom is -0.462 e. The molecule has 0 spiro atoms. The molecule has 1 N–H and O–H groups in total. The molecule has 1 atom stereocenters. The lowest BCUT2D eigenvalue weighted by atomic mass is 10.1. The van der Waals surface area contributed by atoms with Crippen LogP contribution in [0.3, 0.4) is 0 Å². The van der Waals surface area contributed by atoms with Crippen molar-refractivity contribution in [3.05, 3.63) is 0 Å². The van der Waals surface area contributed by atoms with E-state index in [-0.39, 0.29) is 6.61 Å². The highest BCUT2D eigenvalue weighted by Crippen LogP contribution is 2.00. The van der Waals surface area contributed by atoms with Gasteiger partial charge in [-0.05, 0) is 6.92 Å². The van der Waals surface area contributed by atoms with Gasteiger partial charge in [-0.2, -0.15) is 5.26 Å². The summed E-state index contributed by atoms with van der Waals surface area (Å²) in [6.45, 7) is 2.21. The maximum absolute atomic E-state index is 10.2. The van der Waals surface area contributed by atoms with Crippen LogP contribution in [0.4, 0.5) is 0 Å². The number of aliphatic hydroxyl groups is 1. The van der Waals surface area contributed by atoms with Gasteiger partial charge in [0.1, 0.15) is 12.7 Å². The summed E-state index contributed by atoms with van der Waals surface area (Å²) in [7, 11) is 0. The average molecular weight is 143 g/mol. The number of ether oxygens (including phenoxy) is 1. The summed E-state index contributed by atoms with van der Waals surface area (Å²) in [5.41, 5.74) is -1.56. The Hall–Kier alpha value is -1.08. The predicted octanol–water partition coefficient (Wildman–Crippen LogP) is -0.176. The monoisotopic (exact) mass is 143 g/mol. The molecule has 0 radical (unpaired) electrons. The number of hydrogen-bond acceptors (Lipinski definition) is 4. The normalized spacial score (nSPS) is 15.0. The molecule has 0 rings (SSSR count). The highest BCUT2D eigenvalue weighted by Gasteiger charge is 2.20. The maximum Gasteiger partial charge on any atom is 0.302 e. The number of hydrogen-bond donors (Lipinski definition) is 1. The molecule has 1 unspecified atom stereocenters. The molecule has 4 nitrogen and oxygen atoms in total. The maximum atomic E-state index is 10.2. The smallest absolute Gasteiger partial charge is 0.302 e. The first kappa shape index (κ1) is 8.92. The van der Waals surface area contributed by atoms with E-state index in [9.17, 15) is 4.79 Å². The molecule has 0 aromatic heterocycles. The van der Waals surface area contributed by atoms with Crippen LogP contribution in [0.15, 0.2) is 0 Å². The van der Waals surface area contributed by atoms with E-state index in [1.165, 1.54) is 13.8 Å². The Bertz CT molecular complexity index is 168. The van der Waals surface area contributed by atoms with Crippen molar-refractivity contribution in [2.24, 2.45) is 0 Å². The molecule has 10 heavy (non-hydrogen) atoms. The van der Waals surface area contributed by atoms with Crippen molar-refractivity contribution in [1.29, 1.82) is 5.26 Å². The Morgan fingerprint density at radius 3 is 2.70 bits per heavy atom. The lowest BCUT2D eigenvalue weighted by Gasteiger charge is -2.12. The van der Waals surface area contributed by atoms with Crippen molar-refractivity contribution in [2.45, 2.75) is 19.4 Å². The van der Waals surface area contributed by atoms with Crippen molar-refractivity contribution in [3.63, 3.8) is 0 Å². The molecule has 0 saturated heterocycles. The molecular weight excluding hydrogens is 134 g/mol. The third kappa shape index (κ3) is 3.87. The first-order valence-corrected chi connectivity index (χ1v) is 2.75. The second kappa shape index (κ2) is 3.18. The number of rotatable bonds is 2. The largest absolute Gasteiger partial charge is 0.462 e. The fraction of sp³-hybridized carbons (Fsp3) is 0.667. The Kier molecular flexibility index (Phi) is 2.84. The minimum atomic E-state index is -1.56. The van der Waals surface area contributed by atoms with Gasteiger partial charge in [0.25, 0.3) is 0 Å². The summed E-state index contributed by atoms with van der Waals surface area (Å²) in [5, 5.41) is 17.1. The van der Waals surface area contributed by atoms with Crippen molar-refractivity contribution in [2.75, 3.05) is 6.61 Å². The summed E-state index contributed by atoms with van der Waals surface area (Å²) < 4.78 is 4.39. The van der Waals surface area contributed by atoms with Crippen LogP contribution in [-0.2, 0) is 9.53 Å². The lowest BCUT2D eigenvalue weighted by molar-refractivity contribution is -0.145. The Balaban J connectivity index is 3.71. The molecule has 0 aromatic carbocycles. The van der Waals surface area contributed by atoms with E-state index >= 15 is 0 Å². The molecule has 0 aliphatic rings. The number of carbonyl (C=O) groups excluding carboxylic acids is 1. The van der Waals surface area contributed by atoms with E-state index in [2.05, 4.69) is 4.74 Å². The SMILES string of the molecule is CC(=O)OCC(C)(O)C#N. The van der Waals surface area contributed by atoms with E-state index in [0.29, 0.717) is 0 Å². The highest BCUT2D eigenvalue weighted by atomic mass is 16.5. The average Bonchev–Trinajstić information content (AvgIpc) is 1.85. The van der Waals surface area contributed by atoms with Gasteiger partial charge in [0.15, 0.2) is 5.60 Å². The Morgan fingerprint density at radius 1 is 1.90 bits per heavy atom. The van der Waals surface area contributed by atoms with Crippen LogP contribution in [-0.4, -0.2) is 23.3 Å². The highest BCUT2D eigenvalue weighted by molar-refractivity contribution is 5.66. The number of nitriles is 1. The van der Waals surface area contributed by atoms with Crippen LogP contribution >= 0.6 is 0 Å². The van der Waals surface area contributed by atoms with Gasteiger partial charge in [-0.15, -0.1) is 0 Å². The van der Waals surface area contributed by atoms with Crippen molar-refractivity contribution >= 4 is 5.97 Å². The topological polar surface area (TPSA) is 70.3 Å². The van der Waals surface area contributed by atoms with Crippen LogP contribution in [0.5, 0.6) is 0 Å². The molecule has 4 heteroatoms. The summed E-state index contributed by atoms with van der Waals surface area (Å²) in [6, 6.07) is 1.58. The van der Waals surface area contributed by atoms with Crippen LogP contribution in [0.2, 0.25) is 0 Å². The summed E-state index contributed by atoms with van der Waals surface area (Å²) in [5.74, 6) is -0.504. The number of nitrogens with zero attached hydrogens (tertiary/aromatic N) is 1. The van der Waals surface area contributed by atoms with Gasteiger partial charge >= 0.3 is 5.97 Å². The van der Waals surface area contributed by atoms with Gasteiger partial charge in [-0.3, -0.25) is 4.79 Å². The molecule has 0 amide bonds. The van der Waals surface area contributed by atoms with Crippen LogP contribution in [0, 0.1) is 11.3 Å². The van der Waals surface area contributed by atoms with Gasteiger partial charge in [-0.25, -0.2) is 0 Å². The van der Waals surface area contributed by atoms with E-state index in [4.69, 9.17) is 10.4 Å². The molecule has 56 valence electrons. The van der Waals surface area contributed by atoms with Crippen molar-refractivity contribution < 1.29 is 14.6 Å². The Labute approximate surface area is 59.0 Å². The molecule has 0 bridgehead atoms. The predicted molar refractivity (Wildman–Crippen MR) is 32.9 cm³/mol. The van der Waals surface area contributed by atoms with Crippen LogP contribution in [0.1, 0.15) is 13.8 Å². The molecule has 0 fully saturated rings. The van der Waals surface area contributed by atoms with Gasteiger partial charge in [0.2, 0.25) is 0 Å². The van der Waals surface area contributed by atoms with Gasteiger partial charge in [0.05, 0.1) is 0 Å². The fourth-order valence-electron chi connectivity index (χ4n) is 0.274. The molecule has 0 aromatic rings. The minimum absolute atomic E-state index is 0.279. The van der Waals surface area contributed by atoms with E-state index in [1.54, 1.807) is 6.07 Å². The second-order valence-corrected chi connectivity index (χ2v) is 2.17. The van der Waals surface area contributed by atoms with E-state index in [0.717, 1.165) is 0 Å². The summed E-state index contributed by atoms with van der Waals surface area (Å²) >= 11 is 0.